The van der Waals surface area contributed by atoms with Crippen LogP contribution in [-0.4, -0.2) is 42.1 Å². The van der Waals surface area contributed by atoms with Gasteiger partial charge in [-0.25, -0.2) is 8.42 Å². The molecule has 7 nitrogen and oxygen atoms in total. The van der Waals surface area contributed by atoms with Gasteiger partial charge < -0.3 is 9.84 Å². The van der Waals surface area contributed by atoms with Crippen LogP contribution in [0.1, 0.15) is 61.1 Å². The van der Waals surface area contributed by atoms with Crippen molar-refractivity contribution in [2.75, 3.05) is 6.26 Å². The van der Waals surface area contributed by atoms with E-state index in [1.807, 2.05) is 31.2 Å². The average Bonchev–Trinajstić information content (AvgIpc) is 3.28. The number of hydrogen-bond donors (Lipinski definition) is 1. The Morgan fingerprint density at radius 1 is 1.24 bits per heavy atom. The highest BCUT2D eigenvalue weighted by Crippen LogP contribution is 2.30. The van der Waals surface area contributed by atoms with Crippen molar-refractivity contribution in [1.82, 2.24) is 14.8 Å². The van der Waals surface area contributed by atoms with Crippen LogP contribution in [0.15, 0.2) is 28.8 Å². The monoisotopic (exact) mass is 419 g/mol. The largest absolute Gasteiger partial charge is 0.355 e. The second-order valence-electron chi connectivity index (χ2n) is 8.06. The molecule has 0 bridgehead atoms. The molecule has 1 heterocycles. The number of aryl methyl sites for hydroxylation is 1. The van der Waals surface area contributed by atoms with E-state index in [0.29, 0.717) is 11.3 Å². The van der Waals surface area contributed by atoms with Gasteiger partial charge in [-0.2, -0.15) is 4.31 Å². The third kappa shape index (κ3) is 5.05. The van der Waals surface area contributed by atoms with Crippen LogP contribution in [0, 0.1) is 6.92 Å². The number of benzene rings is 1. The third-order valence-electron chi connectivity index (χ3n) is 5.32. The lowest BCUT2D eigenvalue weighted by molar-refractivity contribution is 0.0927. The van der Waals surface area contributed by atoms with Crippen LogP contribution in [0.25, 0.3) is 11.3 Å². The van der Waals surface area contributed by atoms with Crippen molar-refractivity contribution in [3.8, 4) is 11.3 Å². The quantitative estimate of drug-likeness (QED) is 0.742. The highest BCUT2D eigenvalue weighted by molar-refractivity contribution is 7.88. The van der Waals surface area contributed by atoms with Gasteiger partial charge in [0.25, 0.3) is 5.91 Å². The topological polar surface area (TPSA) is 92.5 Å². The van der Waals surface area contributed by atoms with Gasteiger partial charge in [-0.05, 0) is 33.6 Å². The van der Waals surface area contributed by atoms with Gasteiger partial charge in [0.1, 0.15) is 0 Å². The highest BCUT2D eigenvalue weighted by Gasteiger charge is 2.30. The van der Waals surface area contributed by atoms with Gasteiger partial charge in [-0.15, -0.1) is 0 Å². The van der Waals surface area contributed by atoms with Gasteiger partial charge in [0.2, 0.25) is 10.0 Å². The van der Waals surface area contributed by atoms with Crippen molar-refractivity contribution in [1.29, 1.82) is 0 Å². The first-order valence-electron chi connectivity index (χ1n) is 10.00. The number of nitrogens with zero attached hydrogens (tertiary/aromatic N) is 2. The number of nitrogens with one attached hydrogen (secondary N) is 1. The fourth-order valence-corrected chi connectivity index (χ4v) is 4.86. The van der Waals surface area contributed by atoms with Crippen LogP contribution in [0.4, 0.5) is 0 Å². The SMILES string of the molecule is Cc1ccc(-c2onc(C(=O)NC3CCCC3)c2CN(C(C)C)S(C)(=O)=O)cc1. The number of rotatable bonds is 7. The lowest BCUT2D eigenvalue weighted by atomic mass is 10.0. The normalized spacial score (nSPS) is 15.4. The molecule has 0 spiro atoms. The van der Waals surface area contributed by atoms with Gasteiger partial charge in [-0.1, -0.05) is 47.8 Å². The van der Waals surface area contributed by atoms with Crippen molar-refractivity contribution < 1.29 is 17.7 Å². The molecule has 2 aromatic rings. The van der Waals surface area contributed by atoms with Crippen molar-refractivity contribution >= 4 is 15.9 Å². The summed E-state index contributed by atoms with van der Waals surface area (Å²) in [5.41, 5.74) is 2.49. The number of carbonyl (C=O) groups excluding carboxylic acids is 1. The van der Waals surface area contributed by atoms with E-state index in [1.54, 1.807) is 13.8 Å². The van der Waals surface area contributed by atoms with Crippen LogP contribution in [0.2, 0.25) is 0 Å². The molecule has 0 aliphatic heterocycles. The molecule has 1 N–H and O–H groups in total. The predicted molar refractivity (Wildman–Crippen MR) is 112 cm³/mol. The highest BCUT2D eigenvalue weighted by atomic mass is 32.2. The molecular weight excluding hydrogens is 390 g/mol. The molecule has 0 saturated heterocycles. The summed E-state index contributed by atoms with van der Waals surface area (Å²) >= 11 is 0. The summed E-state index contributed by atoms with van der Waals surface area (Å²) in [6.07, 6.45) is 5.27. The summed E-state index contributed by atoms with van der Waals surface area (Å²) in [7, 11) is -3.48. The van der Waals surface area contributed by atoms with Gasteiger partial charge in [0.15, 0.2) is 11.5 Å². The van der Waals surface area contributed by atoms with Gasteiger partial charge in [0, 0.05) is 29.8 Å². The molecule has 3 rings (SSSR count). The zero-order chi connectivity index (χ0) is 21.2. The van der Waals surface area contributed by atoms with Crippen LogP contribution >= 0.6 is 0 Å². The Balaban J connectivity index is 2.01. The van der Waals surface area contributed by atoms with Crippen LogP contribution in [0.5, 0.6) is 0 Å². The predicted octanol–water partition coefficient (Wildman–Crippen LogP) is 3.49. The van der Waals surface area contributed by atoms with Gasteiger partial charge >= 0.3 is 0 Å². The second-order valence-corrected chi connectivity index (χ2v) is 10.00. The molecule has 1 saturated carbocycles. The second kappa shape index (κ2) is 8.67. The molecule has 0 radical (unpaired) electrons. The number of aromatic nitrogens is 1. The number of hydrogen-bond acceptors (Lipinski definition) is 5. The summed E-state index contributed by atoms with van der Waals surface area (Å²) < 4.78 is 31.6. The van der Waals surface area contributed by atoms with E-state index in [1.165, 1.54) is 10.6 Å². The maximum absolute atomic E-state index is 12.9. The van der Waals surface area contributed by atoms with E-state index in [-0.39, 0.29) is 30.2 Å². The Morgan fingerprint density at radius 2 is 1.86 bits per heavy atom. The Kier molecular flexibility index (Phi) is 6.43. The Morgan fingerprint density at radius 3 is 2.41 bits per heavy atom. The zero-order valence-electron chi connectivity index (χ0n) is 17.4. The van der Waals surface area contributed by atoms with Crippen molar-refractivity contribution in [3.63, 3.8) is 0 Å². The summed E-state index contributed by atoms with van der Waals surface area (Å²) in [6.45, 7) is 5.61. The molecule has 158 valence electrons. The minimum atomic E-state index is -3.48. The fraction of sp³-hybridized carbons (Fsp3) is 0.524. The Bertz CT molecular complexity index is 958. The molecule has 8 heteroatoms. The molecule has 1 aliphatic rings. The van der Waals surface area contributed by atoms with E-state index < -0.39 is 10.0 Å². The fourth-order valence-electron chi connectivity index (χ4n) is 3.73. The summed E-state index contributed by atoms with van der Waals surface area (Å²) in [5, 5.41) is 7.06. The zero-order valence-corrected chi connectivity index (χ0v) is 18.3. The first-order chi connectivity index (χ1) is 13.7. The maximum atomic E-state index is 12.9. The molecule has 1 amide bonds. The minimum Gasteiger partial charge on any atom is -0.355 e. The van der Waals surface area contributed by atoms with Crippen LogP contribution in [0.3, 0.4) is 0 Å². The average molecular weight is 420 g/mol. The molecule has 0 atom stereocenters. The Hall–Kier alpha value is -2.19. The summed E-state index contributed by atoms with van der Waals surface area (Å²) in [4.78, 5) is 12.9. The van der Waals surface area contributed by atoms with E-state index >= 15 is 0 Å². The number of sulfonamides is 1. The molecule has 29 heavy (non-hydrogen) atoms. The third-order valence-corrected chi connectivity index (χ3v) is 6.73. The van der Waals surface area contributed by atoms with Crippen LogP contribution < -0.4 is 5.32 Å². The lowest BCUT2D eigenvalue weighted by Gasteiger charge is -2.24. The van der Waals surface area contributed by atoms with E-state index in [9.17, 15) is 13.2 Å². The van der Waals surface area contributed by atoms with Crippen molar-refractivity contribution in [2.45, 2.75) is 65.1 Å². The number of carbonyl (C=O) groups is 1. The molecular formula is C21H29N3O4S. The minimum absolute atomic E-state index is 0.0244. The van der Waals surface area contributed by atoms with Crippen molar-refractivity contribution in [3.05, 3.63) is 41.1 Å². The molecule has 1 aromatic carbocycles. The standard InChI is InChI=1S/C21H29N3O4S/c1-14(2)24(29(4,26)27)13-18-19(21(25)22-17-7-5-6-8-17)23-28-20(18)16-11-9-15(3)10-12-16/h9-12,14,17H,5-8,13H2,1-4H3,(H,22,25). The lowest BCUT2D eigenvalue weighted by Crippen LogP contribution is -2.37. The van der Waals surface area contributed by atoms with E-state index in [0.717, 1.165) is 36.8 Å². The first kappa shape index (κ1) is 21.5. The molecule has 1 aliphatic carbocycles. The molecule has 0 unspecified atom stereocenters. The Labute approximate surface area is 172 Å². The smallest absolute Gasteiger partial charge is 0.274 e. The van der Waals surface area contributed by atoms with Gasteiger partial charge in [-0.3, -0.25) is 4.79 Å². The molecule has 1 aromatic heterocycles. The summed E-state index contributed by atoms with van der Waals surface area (Å²) in [6, 6.07) is 7.52. The van der Waals surface area contributed by atoms with E-state index in [4.69, 9.17) is 4.52 Å². The summed E-state index contributed by atoms with van der Waals surface area (Å²) in [5.74, 6) is 0.113. The first-order valence-corrected chi connectivity index (χ1v) is 11.8. The van der Waals surface area contributed by atoms with Crippen LogP contribution in [-0.2, 0) is 16.6 Å². The molecule has 1 fully saturated rings. The number of amides is 1. The van der Waals surface area contributed by atoms with Gasteiger partial charge in [0.05, 0.1) is 6.26 Å². The van der Waals surface area contributed by atoms with Crippen molar-refractivity contribution in [2.24, 2.45) is 0 Å². The van der Waals surface area contributed by atoms with E-state index in [2.05, 4.69) is 10.5 Å². The maximum Gasteiger partial charge on any atom is 0.274 e.